The zero-order chi connectivity index (χ0) is 43.5. The number of carbonyl (C=O) groups excluding carboxylic acids is 2. The normalized spacial score (nSPS) is 16.5. The van der Waals surface area contributed by atoms with Crippen LogP contribution in [0.2, 0.25) is 0 Å². The average molecular weight is 865 g/mol. The summed E-state index contributed by atoms with van der Waals surface area (Å²) < 4.78 is 47.5. The number of hydrogen-bond acceptors (Lipinski definition) is 12. The van der Waals surface area contributed by atoms with Gasteiger partial charge in [0.2, 0.25) is 0 Å². The molecule has 0 aromatic carbocycles. The van der Waals surface area contributed by atoms with Crippen LogP contribution in [0.3, 0.4) is 0 Å². The molecule has 58 heavy (non-hydrogen) atoms. The number of phosphoric acid groups is 2. The molecule has 6 N–H and O–H groups in total. The van der Waals surface area contributed by atoms with Crippen LogP contribution >= 0.6 is 15.6 Å². The summed E-state index contributed by atoms with van der Waals surface area (Å²) in [5, 5.41) is 29.7. The Hall–Kier alpha value is -2.52. The Morgan fingerprint density at radius 3 is 1.95 bits per heavy atom. The highest BCUT2D eigenvalue weighted by molar-refractivity contribution is 7.47. The third kappa shape index (κ3) is 37.7. The van der Waals surface area contributed by atoms with Gasteiger partial charge in [-0.3, -0.25) is 23.2 Å². The van der Waals surface area contributed by atoms with Crippen molar-refractivity contribution in [3.05, 3.63) is 72.9 Å². The van der Waals surface area contributed by atoms with Crippen LogP contribution in [0.1, 0.15) is 117 Å². The second-order valence-electron chi connectivity index (χ2n) is 13.8. The largest absolute Gasteiger partial charge is 0.472 e. The Morgan fingerprint density at radius 1 is 0.655 bits per heavy atom. The zero-order valence-electron chi connectivity index (χ0n) is 34.5. The number of aliphatic hydroxyl groups is 3. The molecular weight excluding hydrogens is 794 g/mol. The molecule has 0 saturated heterocycles. The van der Waals surface area contributed by atoms with Gasteiger partial charge >= 0.3 is 27.6 Å². The molecule has 0 rings (SSSR count). The van der Waals surface area contributed by atoms with E-state index < -0.39 is 78.4 Å². The molecule has 0 bridgehead atoms. The van der Waals surface area contributed by atoms with Crippen molar-refractivity contribution >= 4 is 27.6 Å². The van der Waals surface area contributed by atoms with E-state index >= 15 is 0 Å². The maximum Gasteiger partial charge on any atom is 0.472 e. The summed E-state index contributed by atoms with van der Waals surface area (Å²) in [6.45, 7) is 3.55. The van der Waals surface area contributed by atoms with E-state index in [1.54, 1.807) is 42.5 Å². The predicted molar refractivity (Wildman–Crippen MR) is 223 cm³/mol. The van der Waals surface area contributed by atoms with Gasteiger partial charge in [-0.25, -0.2) is 9.13 Å². The van der Waals surface area contributed by atoms with Crippen LogP contribution in [0.25, 0.3) is 0 Å². The molecule has 0 aromatic heterocycles. The van der Waals surface area contributed by atoms with E-state index in [4.69, 9.17) is 23.8 Å². The molecule has 0 aliphatic carbocycles. The van der Waals surface area contributed by atoms with E-state index in [1.165, 1.54) is 19.3 Å². The number of unbranched alkanes of at least 4 members (excludes halogenated alkanes) is 6. The highest BCUT2D eigenvalue weighted by atomic mass is 31.2. The first-order chi connectivity index (χ1) is 27.6. The SMILES string of the molecule is CC/C=C\C[C@H](O)/C=C/C=C\C/C=C\C=C\[C@H](O)/C=C\CCCC(=O)O[C@H](COC(=O)CCCCCCCCC(C)CC)COP(=O)(O)OC[C@@H](O)COP(=O)(O)O. The molecule has 0 fully saturated rings. The van der Waals surface area contributed by atoms with Gasteiger partial charge in [0, 0.05) is 12.8 Å². The first-order valence-electron chi connectivity index (χ1n) is 20.3. The Labute approximate surface area is 345 Å². The summed E-state index contributed by atoms with van der Waals surface area (Å²) in [6.07, 6.45) is 28.6. The molecule has 0 saturated carbocycles. The molecule has 2 unspecified atom stereocenters. The molecule has 0 amide bonds. The van der Waals surface area contributed by atoms with Gasteiger partial charge in [-0.05, 0) is 44.4 Å². The zero-order valence-corrected chi connectivity index (χ0v) is 36.3. The molecule has 0 aliphatic rings. The minimum atomic E-state index is -4.89. The molecule has 15 nitrogen and oxygen atoms in total. The van der Waals surface area contributed by atoms with Gasteiger partial charge in [-0.15, -0.1) is 0 Å². The number of aliphatic hydroxyl groups excluding tert-OH is 3. The summed E-state index contributed by atoms with van der Waals surface area (Å²) in [7, 11) is -9.75. The fourth-order valence-corrected chi connectivity index (χ4v) is 5.98. The second kappa shape index (κ2) is 35.3. The number of allylic oxidation sites excluding steroid dienone is 8. The van der Waals surface area contributed by atoms with E-state index in [0.717, 1.165) is 38.0 Å². The second-order valence-corrected chi connectivity index (χ2v) is 16.5. The number of ether oxygens (including phenoxy) is 2. The highest BCUT2D eigenvalue weighted by Gasteiger charge is 2.28. The molecule has 0 radical (unpaired) electrons. The van der Waals surface area contributed by atoms with Crippen molar-refractivity contribution in [2.45, 2.75) is 141 Å². The van der Waals surface area contributed by atoms with Gasteiger partial charge in [-0.1, -0.05) is 139 Å². The van der Waals surface area contributed by atoms with E-state index in [0.29, 0.717) is 32.1 Å². The summed E-state index contributed by atoms with van der Waals surface area (Å²) in [6, 6.07) is 0. The lowest BCUT2D eigenvalue weighted by Gasteiger charge is -2.20. The Morgan fingerprint density at radius 2 is 1.28 bits per heavy atom. The van der Waals surface area contributed by atoms with Crippen LogP contribution in [-0.2, 0) is 41.8 Å². The molecule has 0 spiro atoms. The molecular formula is C41H70O15P2. The van der Waals surface area contributed by atoms with Crippen LogP contribution in [0.15, 0.2) is 72.9 Å². The third-order valence-electron chi connectivity index (χ3n) is 8.31. The number of hydrogen-bond donors (Lipinski definition) is 6. The Kier molecular flexibility index (Phi) is 33.7. The first-order valence-corrected chi connectivity index (χ1v) is 23.3. The van der Waals surface area contributed by atoms with Crippen molar-refractivity contribution in [3.63, 3.8) is 0 Å². The van der Waals surface area contributed by atoms with Gasteiger partial charge in [0.25, 0.3) is 0 Å². The van der Waals surface area contributed by atoms with Crippen molar-refractivity contribution in [2.24, 2.45) is 5.92 Å². The average Bonchev–Trinajstić information content (AvgIpc) is 3.17. The molecule has 0 aromatic rings. The maximum atomic E-state index is 12.6. The quantitative estimate of drug-likeness (QED) is 0.0117. The monoisotopic (exact) mass is 864 g/mol. The predicted octanol–water partition coefficient (Wildman–Crippen LogP) is 7.63. The van der Waals surface area contributed by atoms with E-state index in [2.05, 4.69) is 22.9 Å². The Bertz CT molecular complexity index is 1350. The van der Waals surface area contributed by atoms with Crippen molar-refractivity contribution in [3.8, 4) is 0 Å². The van der Waals surface area contributed by atoms with Gasteiger partial charge in [0.05, 0.1) is 32.0 Å². The lowest BCUT2D eigenvalue weighted by molar-refractivity contribution is -0.161. The number of phosphoric ester groups is 2. The summed E-state index contributed by atoms with van der Waals surface area (Å²) in [4.78, 5) is 52.5. The van der Waals surface area contributed by atoms with Crippen molar-refractivity contribution in [1.29, 1.82) is 0 Å². The highest BCUT2D eigenvalue weighted by Crippen LogP contribution is 2.43. The van der Waals surface area contributed by atoms with E-state index in [9.17, 15) is 38.9 Å². The number of rotatable bonds is 36. The van der Waals surface area contributed by atoms with Crippen LogP contribution < -0.4 is 0 Å². The summed E-state index contributed by atoms with van der Waals surface area (Å²) >= 11 is 0. The van der Waals surface area contributed by atoms with Crippen LogP contribution in [0, 0.1) is 5.92 Å². The summed E-state index contributed by atoms with van der Waals surface area (Å²) in [5.41, 5.74) is 0. The van der Waals surface area contributed by atoms with Gasteiger partial charge in [0.1, 0.15) is 12.7 Å². The fourth-order valence-electron chi connectivity index (χ4n) is 4.83. The maximum absolute atomic E-state index is 12.6. The van der Waals surface area contributed by atoms with Crippen molar-refractivity contribution in [1.82, 2.24) is 0 Å². The Balaban J connectivity index is 4.83. The van der Waals surface area contributed by atoms with E-state index in [1.807, 2.05) is 37.3 Å². The lowest BCUT2D eigenvalue weighted by Crippen LogP contribution is -2.29. The molecule has 6 atom stereocenters. The fraction of sp³-hybridized carbons (Fsp3) is 0.659. The van der Waals surface area contributed by atoms with Gasteiger partial charge < -0.3 is 39.5 Å². The first kappa shape index (κ1) is 55.5. The molecule has 0 heterocycles. The van der Waals surface area contributed by atoms with Crippen LogP contribution in [-0.4, -0.2) is 92.8 Å². The van der Waals surface area contributed by atoms with Crippen LogP contribution in [0.5, 0.6) is 0 Å². The van der Waals surface area contributed by atoms with Crippen molar-refractivity contribution < 1.29 is 71.8 Å². The van der Waals surface area contributed by atoms with Crippen LogP contribution in [0.4, 0.5) is 0 Å². The topological polar surface area (TPSA) is 236 Å². The molecule has 17 heteroatoms. The third-order valence-corrected chi connectivity index (χ3v) is 9.75. The van der Waals surface area contributed by atoms with Crippen molar-refractivity contribution in [2.75, 3.05) is 26.4 Å². The number of esters is 2. The molecule has 334 valence electrons. The minimum absolute atomic E-state index is 0.0581. The van der Waals surface area contributed by atoms with E-state index in [-0.39, 0.29) is 12.8 Å². The lowest BCUT2D eigenvalue weighted by atomic mass is 10.00. The van der Waals surface area contributed by atoms with Gasteiger partial charge in [0.15, 0.2) is 6.10 Å². The smallest absolute Gasteiger partial charge is 0.462 e. The summed E-state index contributed by atoms with van der Waals surface area (Å²) in [5.74, 6) is -0.495. The standard InChI is InChI=1S/C41H70O15P2/c1-4-6-17-25-36(42)26-19-13-8-7-9-14-20-27-37(43)28-21-16-23-30-41(46)56-39(34-55-58(50,51)54-32-38(44)31-53-57(47,48)49)33-52-40(45)29-22-15-11-10-12-18-24-35(3)5-2/h6,8-9,13-14,17,19-21,26-28,35-39,42-44H,4-5,7,10-12,15-16,18,22-25,29-34H2,1-3H3,(H,50,51)(H2,47,48,49)/b13-8-,14-9-,17-6-,26-19+,27-20+,28-21-/t35?,36-,37-,38-,39+/m0/s1. The molecule has 0 aliphatic heterocycles. The van der Waals surface area contributed by atoms with Gasteiger partial charge in [-0.2, -0.15) is 0 Å². The minimum Gasteiger partial charge on any atom is -0.462 e. The number of carbonyl (C=O) groups is 2.